The Kier molecular flexibility index (Phi) is 3.99. The van der Waals surface area contributed by atoms with Crippen LogP contribution in [0.1, 0.15) is 20.8 Å². The minimum Gasteiger partial charge on any atom is -0.347 e. The molecule has 1 N–H and O–H groups in total. The highest BCUT2D eigenvalue weighted by Gasteiger charge is 2.15. The van der Waals surface area contributed by atoms with E-state index in [1.54, 1.807) is 17.5 Å². The molecule has 0 fully saturated rings. The molecule has 5 rings (SSSR count). The largest absolute Gasteiger partial charge is 0.347 e. The van der Waals surface area contributed by atoms with E-state index in [1.165, 1.54) is 11.3 Å². The first-order valence-electron chi connectivity index (χ1n) is 8.45. The number of fused-ring (bicyclic) bond motifs is 3. The molecule has 4 heterocycles. The van der Waals surface area contributed by atoms with Crippen molar-refractivity contribution in [3.8, 4) is 0 Å². The number of hydrogen-bond acceptors (Lipinski definition) is 5. The van der Waals surface area contributed by atoms with Crippen molar-refractivity contribution in [3.63, 3.8) is 0 Å². The number of hydrogen-bond donors (Lipinski definition) is 1. The maximum Gasteiger partial charge on any atom is 0.261 e. The molecule has 0 aliphatic rings. The van der Waals surface area contributed by atoms with Gasteiger partial charge in [-0.15, -0.1) is 22.7 Å². The summed E-state index contributed by atoms with van der Waals surface area (Å²) < 4.78 is 3.90. The molecule has 1 aromatic carbocycles. The van der Waals surface area contributed by atoms with Gasteiger partial charge in [-0.25, -0.2) is 4.98 Å². The fourth-order valence-corrected chi connectivity index (χ4v) is 4.79. The zero-order valence-corrected chi connectivity index (χ0v) is 15.8. The molecule has 0 unspecified atom stereocenters. The van der Waals surface area contributed by atoms with Crippen LogP contribution in [0.4, 0.5) is 0 Å². The lowest BCUT2D eigenvalue weighted by atomic mass is 10.1. The molecular formula is C19H15N5OS2. The van der Waals surface area contributed by atoms with E-state index in [4.69, 9.17) is 0 Å². The minimum atomic E-state index is -0.0733. The van der Waals surface area contributed by atoms with E-state index < -0.39 is 0 Å². The highest BCUT2D eigenvalue weighted by Crippen LogP contribution is 2.28. The van der Waals surface area contributed by atoms with Gasteiger partial charge in [0.1, 0.15) is 4.83 Å². The van der Waals surface area contributed by atoms with E-state index in [0.29, 0.717) is 18.0 Å². The summed E-state index contributed by atoms with van der Waals surface area (Å²) in [5, 5.41) is 9.29. The van der Waals surface area contributed by atoms with Crippen LogP contribution < -0.4 is 5.32 Å². The smallest absolute Gasteiger partial charge is 0.261 e. The Hall–Kier alpha value is -2.97. The van der Waals surface area contributed by atoms with Crippen molar-refractivity contribution in [3.05, 3.63) is 76.4 Å². The van der Waals surface area contributed by atoms with E-state index in [2.05, 4.69) is 21.5 Å². The van der Waals surface area contributed by atoms with Crippen LogP contribution in [-0.2, 0) is 13.1 Å². The van der Waals surface area contributed by atoms with Crippen LogP contribution in [0.5, 0.6) is 0 Å². The Morgan fingerprint density at radius 3 is 2.89 bits per heavy atom. The van der Waals surface area contributed by atoms with Gasteiger partial charge in [0.05, 0.1) is 16.9 Å². The highest BCUT2D eigenvalue weighted by molar-refractivity contribution is 7.21. The second-order valence-electron chi connectivity index (χ2n) is 6.12. The number of nitrogens with one attached hydrogen (secondary N) is 1. The highest BCUT2D eigenvalue weighted by atomic mass is 32.1. The van der Waals surface area contributed by atoms with Gasteiger partial charge in [0.2, 0.25) is 0 Å². The molecule has 0 saturated heterocycles. The Morgan fingerprint density at radius 1 is 1.15 bits per heavy atom. The van der Waals surface area contributed by atoms with Crippen molar-refractivity contribution in [1.82, 2.24) is 24.5 Å². The second-order valence-corrected chi connectivity index (χ2v) is 8.03. The summed E-state index contributed by atoms with van der Waals surface area (Å²) in [5.41, 5.74) is 3.22. The van der Waals surface area contributed by atoms with Crippen LogP contribution in [0.2, 0.25) is 0 Å². The number of carbonyl (C=O) groups excluding carboxylic acids is 1. The topological polar surface area (TPSA) is 64.2 Å². The first-order valence-corrected chi connectivity index (χ1v) is 10.1. The number of amides is 1. The van der Waals surface area contributed by atoms with Gasteiger partial charge in [-0.1, -0.05) is 24.3 Å². The zero-order valence-electron chi connectivity index (χ0n) is 14.2. The molecule has 5 aromatic rings. The molecule has 0 spiro atoms. The summed E-state index contributed by atoms with van der Waals surface area (Å²) in [4.78, 5) is 19.7. The molecule has 0 saturated carbocycles. The maximum atomic E-state index is 12.6. The van der Waals surface area contributed by atoms with Gasteiger partial charge in [-0.3, -0.25) is 13.9 Å². The lowest BCUT2D eigenvalue weighted by Crippen LogP contribution is -2.22. The van der Waals surface area contributed by atoms with Crippen molar-refractivity contribution >= 4 is 43.9 Å². The van der Waals surface area contributed by atoms with Gasteiger partial charge in [-0.05, 0) is 23.3 Å². The Bertz CT molecular complexity index is 1230. The van der Waals surface area contributed by atoms with Crippen LogP contribution in [0, 0.1) is 0 Å². The van der Waals surface area contributed by atoms with Gasteiger partial charge < -0.3 is 5.32 Å². The molecule has 0 atom stereocenters. The molecule has 0 bridgehead atoms. The number of thiazole rings is 1. The minimum absolute atomic E-state index is 0.0733. The van der Waals surface area contributed by atoms with E-state index >= 15 is 0 Å². The zero-order chi connectivity index (χ0) is 18.2. The number of rotatable bonds is 5. The Morgan fingerprint density at radius 2 is 2.04 bits per heavy atom. The lowest BCUT2D eigenvalue weighted by molar-refractivity contribution is 0.0955. The Labute approximate surface area is 162 Å². The summed E-state index contributed by atoms with van der Waals surface area (Å²) in [6, 6.07) is 11.9. The number of benzene rings is 1. The third-order valence-electron chi connectivity index (χ3n) is 4.41. The second kappa shape index (κ2) is 6.64. The average molecular weight is 393 g/mol. The molecule has 27 heavy (non-hydrogen) atoms. The van der Waals surface area contributed by atoms with Crippen LogP contribution in [0.25, 0.3) is 15.3 Å². The molecule has 8 heteroatoms. The summed E-state index contributed by atoms with van der Waals surface area (Å²) in [6.07, 6.45) is 5.68. The third kappa shape index (κ3) is 3.02. The molecular weight excluding hydrogens is 378 g/mol. The summed E-state index contributed by atoms with van der Waals surface area (Å²) in [6.45, 7) is 1.16. The summed E-state index contributed by atoms with van der Waals surface area (Å²) >= 11 is 3.02. The first-order chi connectivity index (χ1) is 13.3. The van der Waals surface area contributed by atoms with Gasteiger partial charge in [-0.2, -0.15) is 5.10 Å². The summed E-state index contributed by atoms with van der Waals surface area (Å²) in [7, 11) is 0. The van der Waals surface area contributed by atoms with Gasteiger partial charge in [0.25, 0.3) is 5.91 Å². The summed E-state index contributed by atoms with van der Waals surface area (Å²) in [5.74, 6) is -0.0733. The molecule has 1 amide bonds. The Balaban J connectivity index is 1.34. The van der Waals surface area contributed by atoms with E-state index in [9.17, 15) is 4.79 Å². The predicted octanol–water partition coefficient (Wildman–Crippen LogP) is 3.79. The van der Waals surface area contributed by atoms with Crippen LogP contribution in [0.15, 0.2) is 60.4 Å². The van der Waals surface area contributed by atoms with Crippen molar-refractivity contribution in [2.45, 2.75) is 13.1 Å². The van der Waals surface area contributed by atoms with Crippen LogP contribution in [-0.4, -0.2) is 25.1 Å². The van der Waals surface area contributed by atoms with E-state index in [-0.39, 0.29) is 5.91 Å². The number of nitrogens with zero attached hydrogens (tertiary/aromatic N) is 4. The molecule has 134 valence electrons. The molecule has 0 radical (unpaired) electrons. The third-order valence-corrected chi connectivity index (χ3v) is 6.19. The standard InChI is InChI=1S/C19H15N5OS2/c25-17(16-10-15-18(27-16)22-19-24(15)8-9-26-19)20-11-13-4-1-2-5-14(13)12-23-7-3-6-21-23/h1-10H,11-12H2,(H,20,25). The van der Waals surface area contributed by atoms with Gasteiger partial charge >= 0.3 is 0 Å². The van der Waals surface area contributed by atoms with E-state index in [0.717, 1.165) is 26.4 Å². The van der Waals surface area contributed by atoms with E-state index in [1.807, 2.05) is 57.2 Å². The van der Waals surface area contributed by atoms with Crippen molar-refractivity contribution in [2.24, 2.45) is 0 Å². The number of carbonyl (C=O) groups is 1. The average Bonchev–Trinajstić information content (AvgIpc) is 3.43. The van der Waals surface area contributed by atoms with Gasteiger partial charge in [0.15, 0.2) is 4.96 Å². The number of imidazole rings is 1. The quantitative estimate of drug-likeness (QED) is 0.494. The lowest BCUT2D eigenvalue weighted by Gasteiger charge is -2.10. The monoisotopic (exact) mass is 393 g/mol. The van der Waals surface area contributed by atoms with Crippen molar-refractivity contribution in [1.29, 1.82) is 0 Å². The number of aromatic nitrogens is 4. The van der Waals surface area contributed by atoms with Gasteiger partial charge in [0, 0.05) is 30.5 Å². The number of thiophene rings is 1. The predicted molar refractivity (Wildman–Crippen MR) is 107 cm³/mol. The first kappa shape index (κ1) is 16.2. The fraction of sp³-hybridized carbons (Fsp3) is 0.105. The van der Waals surface area contributed by atoms with Crippen molar-refractivity contribution in [2.75, 3.05) is 0 Å². The molecule has 0 aliphatic carbocycles. The fourth-order valence-electron chi connectivity index (χ4n) is 3.07. The normalized spacial score (nSPS) is 11.4. The SMILES string of the molecule is O=C(NCc1ccccc1Cn1cccn1)c1cc2c(nc3sccn32)s1. The van der Waals surface area contributed by atoms with Crippen LogP contribution >= 0.6 is 22.7 Å². The maximum absolute atomic E-state index is 12.6. The molecule has 0 aliphatic heterocycles. The molecule has 6 nitrogen and oxygen atoms in total. The molecule has 4 aromatic heterocycles. The van der Waals surface area contributed by atoms with Crippen molar-refractivity contribution < 1.29 is 4.79 Å². The van der Waals surface area contributed by atoms with Crippen LogP contribution in [0.3, 0.4) is 0 Å².